The monoisotopic (exact) mass is 825 g/mol. The van der Waals surface area contributed by atoms with Crippen molar-refractivity contribution in [2.45, 2.75) is 30.9 Å². The zero-order valence-electron chi connectivity index (χ0n) is 28.4. The van der Waals surface area contributed by atoms with E-state index in [1.165, 1.54) is 15.2 Å². The third-order valence-electron chi connectivity index (χ3n) is 9.74. The van der Waals surface area contributed by atoms with Gasteiger partial charge in [-0.2, -0.15) is 65.9 Å². The number of fused-ring (bicyclic) bond motifs is 6. The molecule has 0 aliphatic carbocycles. The molecule has 8 aromatic rings. The molecule has 0 N–H and O–H groups in total. The average molecular weight is 826 g/mol. The molecule has 0 bridgehead atoms. The van der Waals surface area contributed by atoms with Gasteiger partial charge in [-0.1, -0.05) is 0 Å². The van der Waals surface area contributed by atoms with Crippen molar-refractivity contribution in [3.63, 3.8) is 0 Å². The van der Waals surface area contributed by atoms with E-state index in [0.29, 0.717) is 60.7 Å². The normalized spacial score (nSPS) is 13.4. The van der Waals surface area contributed by atoms with E-state index in [9.17, 15) is 65.9 Å². The van der Waals surface area contributed by atoms with Crippen LogP contribution < -0.4 is 0 Å². The van der Waals surface area contributed by atoms with Crippen molar-refractivity contribution in [3.8, 4) is 22.5 Å². The lowest BCUT2D eigenvalue weighted by Crippen LogP contribution is -2.08. The van der Waals surface area contributed by atoms with Crippen LogP contribution in [0, 0.1) is 0 Å². The van der Waals surface area contributed by atoms with Gasteiger partial charge in [0.05, 0.1) is 67.5 Å². The summed E-state index contributed by atoms with van der Waals surface area (Å²) in [5, 5.41) is -1.28. The summed E-state index contributed by atoms with van der Waals surface area (Å²) < 4.78 is 212. The highest BCUT2D eigenvalue weighted by molar-refractivity contribution is 6.12. The van der Waals surface area contributed by atoms with Gasteiger partial charge in [0.15, 0.2) is 0 Å². The molecule has 3 heterocycles. The van der Waals surface area contributed by atoms with Crippen LogP contribution in [0.15, 0.2) is 109 Å². The predicted octanol–water partition coefficient (Wildman–Crippen LogP) is 14.0. The Bertz CT molecular complexity index is 2800. The van der Waals surface area contributed by atoms with Crippen LogP contribution in [0.1, 0.15) is 27.8 Å². The van der Waals surface area contributed by atoms with Gasteiger partial charge < -0.3 is 9.13 Å². The van der Waals surface area contributed by atoms with Crippen molar-refractivity contribution in [3.05, 3.63) is 137 Å². The van der Waals surface area contributed by atoms with Gasteiger partial charge in [-0.25, -0.2) is 0 Å². The molecule has 0 aliphatic heterocycles. The summed E-state index contributed by atoms with van der Waals surface area (Å²) in [6, 6.07) is 12.4. The minimum atomic E-state index is -5.01. The Morgan fingerprint density at radius 3 is 0.983 bits per heavy atom. The van der Waals surface area contributed by atoms with Gasteiger partial charge in [-0.15, -0.1) is 0 Å². The zero-order chi connectivity index (χ0) is 41.9. The molecular weight excluding hydrogens is 807 g/mol. The number of aromatic nitrogens is 3. The first-order valence-electron chi connectivity index (χ1n) is 16.5. The summed E-state index contributed by atoms with van der Waals surface area (Å²) in [4.78, 5) is 4.06. The Balaban J connectivity index is 1.48. The summed E-state index contributed by atoms with van der Waals surface area (Å²) in [6.45, 7) is 0. The second-order valence-corrected chi connectivity index (χ2v) is 13.2. The standard InChI is InChI=1S/C40H18F15N3/c41-36(42,43)19-1-6-30(57-31-7-2-20(37(44,45)46)14-26(31)27-15-21(38(47,48)49)3-8-32(27)57)25(13-19)24-11-12-56-18-35(24)58-33-9-4-22(39(50,51)52)16-28(33)29-17-23(40(53,54)55)5-10-34(29)58/h1-18H. The first kappa shape index (κ1) is 38.7. The lowest BCUT2D eigenvalue weighted by atomic mass is 9.99. The lowest BCUT2D eigenvalue weighted by Gasteiger charge is -2.20. The molecule has 298 valence electrons. The third kappa shape index (κ3) is 6.43. The largest absolute Gasteiger partial charge is 0.416 e. The number of pyridine rings is 1. The van der Waals surface area contributed by atoms with E-state index in [-0.39, 0.29) is 66.1 Å². The molecule has 0 unspecified atom stereocenters. The van der Waals surface area contributed by atoms with Crippen molar-refractivity contribution in [2.75, 3.05) is 0 Å². The van der Waals surface area contributed by atoms with Gasteiger partial charge in [-0.05, 0) is 97.1 Å². The highest BCUT2D eigenvalue weighted by atomic mass is 19.4. The minimum Gasteiger partial charge on any atom is -0.309 e. The topological polar surface area (TPSA) is 22.8 Å². The van der Waals surface area contributed by atoms with E-state index >= 15 is 0 Å². The van der Waals surface area contributed by atoms with Crippen LogP contribution in [0.25, 0.3) is 66.1 Å². The minimum absolute atomic E-state index is 0.110. The molecule has 0 amide bonds. The SMILES string of the molecule is FC(F)(F)c1ccc(-n2c3ccc(C(F)(F)F)cc3c3cc(C(F)(F)F)ccc32)c(-c2ccncc2-n2c3ccc(C(F)(F)F)cc3c3cc(C(F)(F)F)ccc32)c1. The molecule has 0 atom stereocenters. The molecule has 58 heavy (non-hydrogen) atoms. The van der Waals surface area contributed by atoms with E-state index in [1.54, 1.807) is 0 Å². The van der Waals surface area contributed by atoms with Crippen molar-refractivity contribution in [2.24, 2.45) is 0 Å². The maximum atomic E-state index is 14.4. The van der Waals surface area contributed by atoms with E-state index in [4.69, 9.17) is 0 Å². The number of benzene rings is 5. The Hall–Kier alpha value is -6.20. The van der Waals surface area contributed by atoms with Gasteiger partial charge in [0.25, 0.3) is 0 Å². The number of halogens is 15. The maximum absolute atomic E-state index is 14.4. The molecule has 0 radical (unpaired) electrons. The Labute approximate surface area is 314 Å². The summed E-state index contributed by atoms with van der Waals surface area (Å²) in [5.74, 6) is 0. The summed E-state index contributed by atoms with van der Waals surface area (Å²) in [7, 11) is 0. The molecule has 5 aromatic carbocycles. The van der Waals surface area contributed by atoms with Crippen molar-refractivity contribution >= 4 is 43.6 Å². The zero-order valence-corrected chi connectivity index (χ0v) is 28.4. The van der Waals surface area contributed by atoms with Gasteiger partial charge >= 0.3 is 30.9 Å². The molecule has 0 saturated heterocycles. The Kier molecular flexibility index (Phi) is 8.43. The van der Waals surface area contributed by atoms with Crippen LogP contribution in [0.4, 0.5) is 65.9 Å². The van der Waals surface area contributed by atoms with Crippen molar-refractivity contribution in [1.82, 2.24) is 14.1 Å². The highest BCUT2D eigenvalue weighted by Gasteiger charge is 2.37. The fourth-order valence-electron chi connectivity index (χ4n) is 7.19. The van der Waals surface area contributed by atoms with Gasteiger partial charge in [0, 0.05) is 38.9 Å². The van der Waals surface area contributed by atoms with Crippen LogP contribution in [0.5, 0.6) is 0 Å². The molecule has 0 saturated carbocycles. The number of nitrogens with zero attached hydrogens (tertiary/aromatic N) is 3. The summed E-state index contributed by atoms with van der Waals surface area (Å²) >= 11 is 0. The number of hydrogen-bond acceptors (Lipinski definition) is 1. The fraction of sp³-hybridized carbons (Fsp3) is 0.125. The molecule has 0 spiro atoms. The van der Waals surface area contributed by atoms with Crippen LogP contribution >= 0.6 is 0 Å². The molecule has 3 aromatic heterocycles. The van der Waals surface area contributed by atoms with Gasteiger partial charge in [-0.3, -0.25) is 4.98 Å². The van der Waals surface area contributed by atoms with Gasteiger partial charge in [0.2, 0.25) is 0 Å². The first-order valence-corrected chi connectivity index (χ1v) is 16.5. The molecule has 3 nitrogen and oxygen atoms in total. The van der Waals surface area contributed by atoms with Gasteiger partial charge in [0.1, 0.15) is 0 Å². The predicted molar refractivity (Wildman–Crippen MR) is 183 cm³/mol. The van der Waals surface area contributed by atoms with E-state index in [1.807, 2.05) is 0 Å². The third-order valence-corrected chi connectivity index (χ3v) is 9.74. The van der Waals surface area contributed by atoms with Crippen LogP contribution in [0.2, 0.25) is 0 Å². The average Bonchev–Trinajstić information content (AvgIpc) is 3.64. The van der Waals surface area contributed by atoms with E-state index < -0.39 is 58.7 Å². The van der Waals surface area contributed by atoms with E-state index in [0.717, 1.165) is 42.7 Å². The molecule has 0 fully saturated rings. The highest BCUT2D eigenvalue weighted by Crippen LogP contribution is 2.46. The van der Waals surface area contributed by atoms with Crippen LogP contribution in [0.3, 0.4) is 0 Å². The molecular formula is C40H18F15N3. The lowest BCUT2D eigenvalue weighted by molar-refractivity contribution is -0.138. The number of alkyl halides is 15. The molecule has 0 aliphatic rings. The molecule has 18 heteroatoms. The van der Waals surface area contributed by atoms with Crippen LogP contribution in [-0.4, -0.2) is 14.1 Å². The molecule has 8 rings (SSSR count). The quantitative estimate of drug-likeness (QED) is 0.163. The maximum Gasteiger partial charge on any atom is 0.416 e. The summed E-state index contributed by atoms with van der Waals surface area (Å²) in [6.07, 6.45) is -22.5. The van der Waals surface area contributed by atoms with Crippen molar-refractivity contribution < 1.29 is 65.9 Å². The smallest absolute Gasteiger partial charge is 0.309 e. The van der Waals surface area contributed by atoms with Crippen LogP contribution in [-0.2, 0) is 30.9 Å². The summed E-state index contributed by atoms with van der Waals surface area (Å²) in [5.41, 5.74) is -7.46. The Morgan fingerprint density at radius 2 is 0.638 bits per heavy atom. The Morgan fingerprint density at radius 1 is 0.328 bits per heavy atom. The fourth-order valence-corrected chi connectivity index (χ4v) is 7.19. The first-order chi connectivity index (χ1) is 26.9. The second kappa shape index (κ2) is 12.6. The second-order valence-electron chi connectivity index (χ2n) is 13.2. The number of rotatable bonds is 3. The number of hydrogen-bond donors (Lipinski definition) is 0. The van der Waals surface area contributed by atoms with E-state index in [2.05, 4.69) is 4.98 Å². The van der Waals surface area contributed by atoms with Crippen molar-refractivity contribution in [1.29, 1.82) is 0 Å².